The van der Waals surface area contributed by atoms with Crippen LogP contribution >= 0.6 is 15.9 Å². The summed E-state index contributed by atoms with van der Waals surface area (Å²) in [5.74, 6) is 0. The second-order valence-corrected chi connectivity index (χ2v) is 3.57. The zero-order valence-electron chi connectivity index (χ0n) is 7.32. The smallest absolute Gasteiger partial charge is 0.104 e. The molecule has 0 aromatic heterocycles. The lowest BCUT2D eigenvalue weighted by molar-refractivity contribution is 1.12. The minimum Gasteiger partial charge on any atom is -0.293 e. The van der Waals surface area contributed by atoms with Gasteiger partial charge in [-0.1, -0.05) is 25.1 Å². The van der Waals surface area contributed by atoms with E-state index in [0.717, 1.165) is 17.5 Å². The molecule has 0 atom stereocenters. The Hall–Kier alpha value is -0.630. The van der Waals surface area contributed by atoms with Gasteiger partial charge < -0.3 is 0 Å². The van der Waals surface area contributed by atoms with Gasteiger partial charge in [0.25, 0.3) is 0 Å². The van der Waals surface area contributed by atoms with Gasteiger partial charge in [-0.25, -0.2) is 0 Å². The summed E-state index contributed by atoms with van der Waals surface area (Å²) >= 11 is 3.21. The lowest BCUT2D eigenvalue weighted by Gasteiger charge is -2.07. The molecule has 12 heavy (non-hydrogen) atoms. The van der Waals surface area contributed by atoms with E-state index in [1.54, 1.807) is 0 Å². The highest BCUT2D eigenvalue weighted by Crippen LogP contribution is 2.17. The number of hydrogen-bond donors (Lipinski definition) is 1. The largest absolute Gasteiger partial charge is 0.293 e. The Bertz CT molecular complexity index is 305. The number of nitrogens with one attached hydrogen (secondary N) is 1. The Kier molecular flexibility index (Phi) is 3.04. The first-order chi connectivity index (χ1) is 5.66. The van der Waals surface area contributed by atoms with Gasteiger partial charge in [0.1, 0.15) is 4.62 Å². The van der Waals surface area contributed by atoms with Crippen molar-refractivity contribution in [3.63, 3.8) is 0 Å². The fourth-order valence-corrected chi connectivity index (χ4v) is 1.90. The summed E-state index contributed by atoms with van der Waals surface area (Å²) in [6.45, 7) is 4.14. The SMILES string of the molecule is CCc1cccc(C)c1C(=N)Br. The molecule has 0 fully saturated rings. The van der Waals surface area contributed by atoms with Crippen LogP contribution in [0.25, 0.3) is 0 Å². The van der Waals surface area contributed by atoms with Gasteiger partial charge in [0.05, 0.1) is 0 Å². The zero-order chi connectivity index (χ0) is 9.14. The number of rotatable bonds is 2. The quantitative estimate of drug-likeness (QED) is 0.748. The van der Waals surface area contributed by atoms with E-state index in [2.05, 4.69) is 28.9 Å². The summed E-state index contributed by atoms with van der Waals surface area (Å²) in [5.41, 5.74) is 3.44. The van der Waals surface area contributed by atoms with Gasteiger partial charge in [-0.2, -0.15) is 0 Å². The molecule has 0 saturated heterocycles. The predicted molar refractivity (Wildman–Crippen MR) is 56.3 cm³/mol. The average Bonchev–Trinajstić information content (AvgIpc) is 2.03. The number of halogens is 1. The second-order valence-electron chi connectivity index (χ2n) is 2.78. The maximum atomic E-state index is 7.54. The second kappa shape index (κ2) is 3.85. The third kappa shape index (κ3) is 1.75. The number of hydrogen-bond acceptors (Lipinski definition) is 1. The molecular weight excluding hydrogens is 214 g/mol. The van der Waals surface area contributed by atoms with Crippen LogP contribution in [-0.2, 0) is 6.42 Å². The molecular formula is C10H12BrN. The summed E-state index contributed by atoms with van der Waals surface area (Å²) in [5, 5.41) is 7.54. The Morgan fingerprint density at radius 2 is 2.17 bits per heavy atom. The monoisotopic (exact) mass is 225 g/mol. The predicted octanol–water partition coefficient (Wildman–Crippen LogP) is 3.28. The van der Waals surface area contributed by atoms with Crippen molar-refractivity contribution in [1.82, 2.24) is 0 Å². The van der Waals surface area contributed by atoms with E-state index in [-0.39, 0.29) is 0 Å². The molecule has 0 saturated carbocycles. The average molecular weight is 226 g/mol. The van der Waals surface area contributed by atoms with E-state index in [1.807, 2.05) is 19.1 Å². The van der Waals surface area contributed by atoms with Crippen molar-refractivity contribution in [2.45, 2.75) is 20.3 Å². The van der Waals surface area contributed by atoms with Gasteiger partial charge in [-0.05, 0) is 40.4 Å². The highest BCUT2D eigenvalue weighted by Gasteiger charge is 2.05. The van der Waals surface area contributed by atoms with Gasteiger partial charge in [-0.15, -0.1) is 0 Å². The highest BCUT2D eigenvalue weighted by atomic mass is 79.9. The maximum absolute atomic E-state index is 7.54. The van der Waals surface area contributed by atoms with Gasteiger partial charge in [-0.3, -0.25) is 5.41 Å². The summed E-state index contributed by atoms with van der Waals surface area (Å²) < 4.78 is 0.484. The van der Waals surface area contributed by atoms with E-state index in [4.69, 9.17) is 5.41 Å². The van der Waals surface area contributed by atoms with E-state index < -0.39 is 0 Å². The molecule has 0 spiro atoms. The van der Waals surface area contributed by atoms with E-state index in [9.17, 15) is 0 Å². The molecule has 1 aromatic carbocycles. The van der Waals surface area contributed by atoms with Crippen molar-refractivity contribution in [2.24, 2.45) is 0 Å². The first kappa shape index (κ1) is 9.46. The molecule has 0 bridgehead atoms. The van der Waals surface area contributed by atoms with Crippen molar-refractivity contribution in [3.8, 4) is 0 Å². The molecule has 1 N–H and O–H groups in total. The molecule has 0 aliphatic carbocycles. The Morgan fingerprint density at radius 1 is 1.50 bits per heavy atom. The van der Waals surface area contributed by atoms with Crippen molar-refractivity contribution in [1.29, 1.82) is 5.41 Å². The van der Waals surface area contributed by atoms with Crippen molar-refractivity contribution < 1.29 is 0 Å². The Balaban J connectivity index is 3.29. The zero-order valence-corrected chi connectivity index (χ0v) is 8.90. The molecule has 1 nitrogen and oxygen atoms in total. The van der Waals surface area contributed by atoms with Gasteiger partial charge in [0.2, 0.25) is 0 Å². The minimum absolute atomic E-state index is 0.484. The summed E-state index contributed by atoms with van der Waals surface area (Å²) in [6, 6.07) is 6.13. The Labute approximate surface area is 81.4 Å². The van der Waals surface area contributed by atoms with Gasteiger partial charge in [0, 0.05) is 5.56 Å². The molecule has 1 aromatic rings. The summed E-state index contributed by atoms with van der Waals surface area (Å²) in [7, 11) is 0. The lowest BCUT2D eigenvalue weighted by Crippen LogP contribution is -1.98. The molecule has 0 aliphatic rings. The molecule has 0 aliphatic heterocycles. The van der Waals surface area contributed by atoms with Crippen molar-refractivity contribution in [3.05, 3.63) is 34.9 Å². The van der Waals surface area contributed by atoms with Crippen molar-refractivity contribution >= 4 is 20.6 Å². The molecule has 0 heterocycles. The standard InChI is InChI=1S/C10H12BrN/c1-3-8-6-4-5-7(2)9(8)10(11)12/h4-6,12H,3H2,1-2H3. The lowest BCUT2D eigenvalue weighted by atomic mass is 10.0. The normalized spacial score (nSPS) is 9.92. The molecule has 0 radical (unpaired) electrons. The van der Waals surface area contributed by atoms with Crippen LogP contribution in [0.1, 0.15) is 23.6 Å². The topological polar surface area (TPSA) is 23.9 Å². The Morgan fingerprint density at radius 3 is 2.58 bits per heavy atom. The van der Waals surface area contributed by atoms with Crippen LogP contribution in [0.15, 0.2) is 18.2 Å². The third-order valence-corrected chi connectivity index (χ3v) is 2.36. The number of aryl methyl sites for hydroxylation is 2. The van der Waals surface area contributed by atoms with Crippen LogP contribution in [0.5, 0.6) is 0 Å². The molecule has 2 heteroatoms. The molecule has 0 unspecified atom stereocenters. The van der Waals surface area contributed by atoms with Crippen LogP contribution in [0, 0.1) is 12.3 Å². The number of benzene rings is 1. The van der Waals surface area contributed by atoms with Crippen LogP contribution in [0.3, 0.4) is 0 Å². The maximum Gasteiger partial charge on any atom is 0.104 e. The van der Waals surface area contributed by atoms with E-state index in [0.29, 0.717) is 4.62 Å². The third-order valence-electron chi connectivity index (χ3n) is 1.96. The van der Waals surface area contributed by atoms with Crippen LogP contribution < -0.4 is 0 Å². The molecule has 64 valence electrons. The van der Waals surface area contributed by atoms with Crippen LogP contribution in [0.2, 0.25) is 0 Å². The molecule has 0 amide bonds. The minimum atomic E-state index is 0.484. The summed E-state index contributed by atoms with van der Waals surface area (Å²) in [4.78, 5) is 0. The van der Waals surface area contributed by atoms with Crippen molar-refractivity contribution in [2.75, 3.05) is 0 Å². The van der Waals surface area contributed by atoms with Crippen LogP contribution in [-0.4, -0.2) is 4.62 Å². The fraction of sp³-hybridized carbons (Fsp3) is 0.300. The fourth-order valence-electron chi connectivity index (χ4n) is 1.34. The first-order valence-electron chi connectivity index (χ1n) is 3.99. The van der Waals surface area contributed by atoms with Crippen LogP contribution in [0.4, 0.5) is 0 Å². The molecule has 1 rings (SSSR count). The van der Waals surface area contributed by atoms with Gasteiger partial charge in [0.15, 0.2) is 0 Å². The van der Waals surface area contributed by atoms with E-state index >= 15 is 0 Å². The summed E-state index contributed by atoms with van der Waals surface area (Å²) in [6.07, 6.45) is 0.977. The van der Waals surface area contributed by atoms with E-state index in [1.165, 1.54) is 5.56 Å². The van der Waals surface area contributed by atoms with Gasteiger partial charge >= 0.3 is 0 Å². The first-order valence-corrected chi connectivity index (χ1v) is 4.79. The highest BCUT2D eigenvalue weighted by molar-refractivity contribution is 9.18.